The molecule has 2 N–H and O–H groups in total. The van der Waals surface area contributed by atoms with Crippen LogP contribution in [0.3, 0.4) is 0 Å². The second-order valence-electron chi connectivity index (χ2n) is 6.13. The molecule has 1 heterocycles. The molecule has 3 rings (SSSR count). The van der Waals surface area contributed by atoms with Crippen LogP contribution in [-0.2, 0) is 10.0 Å². The average molecular weight is 315 g/mol. The summed E-state index contributed by atoms with van der Waals surface area (Å²) in [6.45, 7) is 3.95. The van der Waals surface area contributed by atoms with Gasteiger partial charge in [-0.25, -0.2) is 13.1 Å². The molecule has 2 aliphatic rings. The number of rotatable bonds is 4. The minimum absolute atomic E-state index is 0.0802. The number of aryl methyl sites for hydroxylation is 2. The summed E-state index contributed by atoms with van der Waals surface area (Å²) in [6, 6.07) is 1.65. The lowest BCUT2D eigenvalue weighted by molar-refractivity contribution is 0.153. The second-order valence-corrected chi connectivity index (χ2v) is 9.33. The number of nitrogens with one attached hydrogen (secondary N) is 1. The highest BCUT2D eigenvalue weighted by Crippen LogP contribution is 2.48. The fourth-order valence-corrected chi connectivity index (χ4v) is 6.65. The normalized spacial score (nSPS) is 33.0. The zero-order valence-corrected chi connectivity index (χ0v) is 13.4. The largest absolute Gasteiger partial charge is 0.396 e. The molecule has 0 spiro atoms. The van der Waals surface area contributed by atoms with Crippen LogP contribution >= 0.6 is 11.3 Å². The van der Waals surface area contributed by atoms with Crippen molar-refractivity contribution in [3.8, 4) is 0 Å². The van der Waals surface area contributed by atoms with E-state index in [0.717, 1.165) is 29.7 Å². The van der Waals surface area contributed by atoms with Crippen LogP contribution < -0.4 is 4.72 Å². The van der Waals surface area contributed by atoms with Crippen molar-refractivity contribution in [3.63, 3.8) is 0 Å². The van der Waals surface area contributed by atoms with Crippen molar-refractivity contribution < 1.29 is 13.5 Å². The third-order valence-corrected chi connectivity index (χ3v) is 8.08. The molecule has 2 bridgehead atoms. The number of hydrogen-bond acceptors (Lipinski definition) is 4. The molecule has 0 aromatic carbocycles. The van der Waals surface area contributed by atoms with Crippen molar-refractivity contribution in [3.05, 3.63) is 16.5 Å². The maximum absolute atomic E-state index is 12.5. The first-order chi connectivity index (χ1) is 9.42. The Hall–Kier alpha value is -0.430. The van der Waals surface area contributed by atoms with Crippen LogP contribution in [0.15, 0.2) is 10.3 Å². The average Bonchev–Trinajstić information content (AvgIpc) is 3.05. The second kappa shape index (κ2) is 5.09. The van der Waals surface area contributed by atoms with E-state index in [9.17, 15) is 13.5 Å². The summed E-state index contributed by atoms with van der Waals surface area (Å²) in [7, 11) is -3.45. The summed E-state index contributed by atoms with van der Waals surface area (Å²) in [4.78, 5) is 1.04. The number of hydrogen-bond donors (Lipinski definition) is 2. The minimum Gasteiger partial charge on any atom is -0.396 e. The highest BCUT2D eigenvalue weighted by atomic mass is 32.2. The van der Waals surface area contributed by atoms with E-state index in [-0.39, 0.29) is 18.6 Å². The molecule has 2 aliphatic carbocycles. The topological polar surface area (TPSA) is 66.4 Å². The molecule has 20 heavy (non-hydrogen) atoms. The van der Waals surface area contributed by atoms with E-state index in [1.807, 2.05) is 13.8 Å². The Morgan fingerprint density at radius 2 is 2.05 bits per heavy atom. The third kappa shape index (κ3) is 2.32. The van der Waals surface area contributed by atoms with E-state index in [4.69, 9.17) is 0 Å². The van der Waals surface area contributed by atoms with Gasteiger partial charge in [0.15, 0.2) is 0 Å². The fourth-order valence-electron chi connectivity index (χ4n) is 3.77. The predicted octanol–water partition coefficient (Wildman–Crippen LogP) is 2.05. The lowest BCUT2D eigenvalue weighted by Gasteiger charge is -2.29. The number of thiophene rings is 1. The Morgan fingerprint density at radius 1 is 1.35 bits per heavy atom. The molecule has 4 atom stereocenters. The maximum Gasteiger partial charge on any atom is 0.250 e. The van der Waals surface area contributed by atoms with E-state index in [0.29, 0.717) is 16.0 Å². The van der Waals surface area contributed by atoms with Gasteiger partial charge in [0.05, 0.1) is 0 Å². The molecular formula is C14H21NO3S2. The molecule has 0 amide bonds. The van der Waals surface area contributed by atoms with Gasteiger partial charge in [-0.05, 0) is 56.6 Å². The zero-order chi connectivity index (χ0) is 14.5. The van der Waals surface area contributed by atoms with Crippen molar-refractivity contribution in [1.82, 2.24) is 4.72 Å². The molecular weight excluding hydrogens is 294 g/mol. The minimum atomic E-state index is -3.45. The van der Waals surface area contributed by atoms with Gasteiger partial charge in [-0.2, -0.15) is 0 Å². The summed E-state index contributed by atoms with van der Waals surface area (Å²) in [6.07, 6.45) is 3.27. The summed E-state index contributed by atoms with van der Waals surface area (Å²) >= 11 is 1.32. The van der Waals surface area contributed by atoms with Crippen molar-refractivity contribution in [2.75, 3.05) is 6.61 Å². The van der Waals surface area contributed by atoms with Crippen LogP contribution in [0.1, 0.15) is 29.7 Å². The molecule has 0 aliphatic heterocycles. The van der Waals surface area contributed by atoms with Crippen LogP contribution in [0, 0.1) is 31.6 Å². The molecule has 1 aromatic rings. The van der Waals surface area contributed by atoms with Crippen molar-refractivity contribution >= 4 is 21.4 Å². The van der Waals surface area contributed by atoms with E-state index in [1.165, 1.54) is 11.3 Å². The first-order valence-electron chi connectivity index (χ1n) is 7.12. The Balaban J connectivity index is 1.83. The van der Waals surface area contributed by atoms with Crippen molar-refractivity contribution in [2.24, 2.45) is 17.8 Å². The van der Waals surface area contributed by atoms with Gasteiger partial charge in [-0.15, -0.1) is 11.3 Å². The number of aliphatic hydroxyl groups is 1. The third-order valence-electron chi connectivity index (χ3n) is 5.00. The molecule has 0 radical (unpaired) electrons. The maximum atomic E-state index is 12.5. The first-order valence-corrected chi connectivity index (χ1v) is 9.42. The molecule has 4 nitrogen and oxygen atoms in total. The van der Waals surface area contributed by atoms with Gasteiger partial charge in [0.25, 0.3) is 0 Å². The fraction of sp³-hybridized carbons (Fsp3) is 0.714. The van der Waals surface area contributed by atoms with Crippen LogP contribution in [-0.4, -0.2) is 26.2 Å². The number of sulfonamides is 1. The molecule has 1 aromatic heterocycles. The van der Waals surface area contributed by atoms with Gasteiger partial charge in [0, 0.05) is 23.4 Å². The Labute approximate surface area is 124 Å². The van der Waals surface area contributed by atoms with Crippen LogP contribution in [0.4, 0.5) is 0 Å². The Bertz CT molecular complexity index is 588. The highest BCUT2D eigenvalue weighted by molar-refractivity contribution is 7.91. The standard InChI is InChI=1S/C14H21NO3S2/c1-8-5-13(19-9(8)2)20(17,18)15-14-11-4-3-10(6-11)12(14)7-16/h5,10-12,14-16H,3-4,6-7H2,1-2H3/t10-,11-,12-,14-/m0/s1. The molecule has 2 saturated carbocycles. The van der Waals surface area contributed by atoms with Crippen LogP contribution in [0.2, 0.25) is 0 Å². The summed E-state index contributed by atoms with van der Waals surface area (Å²) in [5.74, 6) is 0.976. The van der Waals surface area contributed by atoms with Crippen molar-refractivity contribution in [2.45, 2.75) is 43.4 Å². The Kier molecular flexibility index (Phi) is 3.69. The summed E-state index contributed by atoms with van der Waals surface area (Å²) < 4.78 is 28.3. The lowest BCUT2D eigenvalue weighted by Crippen LogP contribution is -2.44. The molecule has 0 saturated heterocycles. The van der Waals surface area contributed by atoms with Crippen molar-refractivity contribution in [1.29, 1.82) is 0 Å². The SMILES string of the molecule is Cc1cc(S(=O)(=O)N[C@H]2[C@H]3CC[C@@H](C3)[C@@H]2CO)sc1C. The summed E-state index contributed by atoms with van der Waals surface area (Å²) in [5.41, 5.74) is 1.02. The predicted molar refractivity (Wildman–Crippen MR) is 79.3 cm³/mol. The first kappa shape index (κ1) is 14.5. The van der Waals surface area contributed by atoms with E-state index in [2.05, 4.69) is 4.72 Å². The zero-order valence-electron chi connectivity index (χ0n) is 11.8. The summed E-state index contributed by atoms with van der Waals surface area (Å²) in [5, 5.41) is 9.54. The van der Waals surface area contributed by atoms with Gasteiger partial charge >= 0.3 is 0 Å². The van der Waals surface area contributed by atoms with Crippen LogP contribution in [0.5, 0.6) is 0 Å². The molecule has 0 unspecified atom stereocenters. The van der Waals surface area contributed by atoms with Gasteiger partial charge in [0.2, 0.25) is 10.0 Å². The van der Waals surface area contributed by atoms with E-state index in [1.54, 1.807) is 6.07 Å². The quantitative estimate of drug-likeness (QED) is 0.893. The van der Waals surface area contributed by atoms with Gasteiger partial charge in [-0.3, -0.25) is 0 Å². The van der Waals surface area contributed by atoms with E-state index >= 15 is 0 Å². The van der Waals surface area contributed by atoms with E-state index < -0.39 is 10.0 Å². The monoisotopic (exact) mass is 315 g/mol. The molecule has 112 valence electrons. The molecule has 6 heteroatoms. The molecule has 2 fully saturated rings. The number of fused-ring (bicyclic) bond motifs is 2. The Morgan fingerprint density at radius 3 is 2.65 bits per heavy atom. The lowest BCUT2D eigenvalue weighted by atomic mass is 9.86. The van der Waals surface area contributed by atoms with Crippen LogP contribution in [0.25, 0.3) is 0 Å². The highest BCUT2D eigenvalue weighted by Gasteiger charge is 2.48. The number of aliphatic hydroxyl groups excluding tert-OH is 1. The van der Waals surface area contributed by atoms with Gasteiger partial charge in [-0.1, -0.05) is 0 Å². The van der Waals surface area contributed by atoms with Gasteiger partial charge in [0.1, 0.15) is 4.21 Å². The smallest absolute Gasteiger partial charge is 0.250 e. The van der Waals surface area contributed by atoms with Gasteiger partial charge < -0.3 is 5.11 Å².